The maximum atomic E-state index is 5.28. The summed E-state index contributed by atoms with van der Waals surface area (Å²) in [5.74, 6) is 1.43. The molecule has 2 N–H and O–H groups in total. The molecule has 1 atom stereocenters. The van der Waals surface area contributed by atoms with Crippen LogP contribution >= 0.6 is 0 Å². The molecule has 5 heterocycles. The minimum Gasteiger partial charge on any atom is -0.378 e. The van der Waals surface area contributed by atoms with Crippen molar-refractivity contribution in [2.45, 2.75) is 19.6 Å². The van der Waals surface area contributed by atoms with Crippen molar-refractivity contribution in [1.82, 2.24) is 34.7 Å². The maximum Gasteiger partial charge on any atom is 0.190 e. The normalized spacial score (nSPS) is 14.2. The minimum absolute atomic E-state index is 0.00982. The number of fused-ring (bicyclic) bond motifs is 2. The van der Waals surface area contributed by atoms with Crippen LogP contribution in [-0.2, 0) is 18.4 Å². The maximum absolute atomic E-state index is 5.28. The third kappa shape index (κ3) is 2.98. The first kappa shape index (κ1) is 17.6. The Hall–Kier alpha value is -3.50. The number of ether oxygens (including phenoxy) is 1. The van der Waals surface area contributed by atoms with Gasteiger partial charge in [-0.2, -0.15) is 5.10 Å². The number of rotatable bonds is 5. The van der Waals surface area contributed by atoms with Crippen molar-refractivity contribution in [3.05, 3.63) is 54.4 Å². The Kier molecular flexibility index (Phi) is 4.14. The van der Waals surface area contributed by atoms with Gasteiger partial charge >= 0.3 is 0 Å². The van der Waals surface area contributed by atoms with Crippen LogP contribution in [0.25, 0.3) is 16.9 Å². The molecule has 0 spiro atoms. The number of aryl methyl sites for hydroxylation is 1. The largest absolute Gasteiger partial charge is 0.378 e. The van der Waals surface area contributed by atoms with E-state index in [-0.39, 0.29) is 6.04 Å². The fourth-order valence-corrected chi connectivity index (χ4v) is 3.47. The smallest absolute Gasteiger partial charge is 0.190 e. The predicted molar refractivity (Wildman–Crippen MR) is 108 cm³/mol. The van der Waals surface area contributed by atoms with E-state index in [1.54, 1.807) is 24.2 Å². The van der Waals surface area contributed by atoms with Crippen molar-refractivity contribution in [3.63, 3.8) is 0 Å². The number of hydrogen-bond donors (Lipinski definition) is 2. The van der Waals surface area contributed by atoms with Gasteiger partial charge in [-0.25, -0.2) is 15.0 Å². The van der Waals surface area contributed by atoms with Gasteiger partial charge in [-0.1, -0.05) is 6.07 Å². The van der Waals surface area contributed by atoms with E-state index in [1.165, 1.54) is 0 Å². The highest BCUT2D eigenvalue weighted by Gasteiger charge is 2.28. The van der Waals surface area contributed by atoms with Crippen molar-refractivity contribution in [2.75, 3.05) is 17.5 Å². The molecule has 0 aromatic carbocycles. The number of methoxy groups -OCH3 is 1. The second-order valence-electron chi connectivity index (χ2n) is 6.99. The topological polar surface area (TPSA) is 97.4 Å². The summed E-state index contributed by atoms with van der Waals surface area (Å²) in [4.78, 5) is 13.7. The lowest BCUT2D eigenvalue weighted by atomic mass is 10.1. The molecule has 5 rings (SSSR count). The van der Waals surface area contributed by atoms with E-state index in [0.717, 1.165) is 34.0 Å². The summed E-state index contributed by atoms with van der Waals surface area (Å²) in [6.07, 6.45) is 9.37. The molecule has 0 saturated heterocycles. The Bertz CT molecular complexity index is 1180. The average Bonchev–Trinajstić information content (AvgIpc) is 3.45. The monoisotopic (exact) mass is 391 g/mol. The van der Waals surface area contributed by atoms with Gasteiger partial charge in [0, 0.05) is 32.1 Å². The molecule has 4 aromatic rings. The van der Waals surface area contributed by atoms with Crippen molar-refractivity contribution in [1.29, 1.82) is 0 Å². The van der Waals surface area contributed by atoms with Gasteiger partial charge in [0.05, 0.1) is 42.6 Å². The molecule has 0 bridgehead atoms. The number of hydrazine groups is 2. The van der Waals surface area contributed by atoms with E-state index in [2.05, 4.69) is 49.6 Å². The van der Waals surface area contributed by atoms with Gasteiger partial charge in [-0.05, 0) is 18.6 Å². The van der Waals surface area contributed by atoms with Crippen molar-refractivity contribution in [3.8, 4) is 11.3 Å². The highest BCUT2D eigenvalue weighted by atomic mass is 16.5. The molecule has 0 unspecified atom stereocenters. The number of nitrogens with zero attached hydrogens (tertiary/aromatic N) is 7. The van der Waals surface area contributed by atoms with Crippen LogP contribution in [0.15, 0.2) is 43.1 Å². The second-order valence-corrected chi connectivity index (χ2v) is 6.99. The first-order chi connectivity index (χ1) is 14.1. The van der Waals surface area contributed by atoms with Crippen LogP contribution in [0.2, 0.25) is 0 Å². The Morgan fingerprint density at radius 3 is 2.83 bits per heavy atom. The predicted octanol–water partition coefficient (Wildman–Crippen LogP) is 2.08. The van der Waals surface area contributed by atoms with Crippen LogP contribution in [-0.4, -0.2) is 36.2 Å². The summed E-state index contributed by atoms with van der Waals surface area (Å²) in [7, 11) is 3.56. The first-order valence-corrected chi connectivity index (χ1v) is 9.26. The molecule has 0 fully saturated rings. The molecule has 0 saturated carbocycles. The van der Waals surface area contributed by atoms with E-state index >= 15 is 0 Å². The lowest BCUT2D eigenvalue weighted by Gasteiger charge is -2.25. The summed E-state index contributed by atoms with van der Waals surface area (Å²) < 4.78 is 9.08. The third-order valence-electron chi connectivity index (χ3n) is 5.04. The summed E-state index contributed by atoms with van der Waals surface area (Å²) >= 11 is 0. The van der Waals surface area contributed by atoms with Gasteiger partial charge in [0.1, 0.15) is 5.65 Å². The number of aromatic nitrogens is 6. The second kappa shape index (κ2) is 6.83. The van der Waals surface area contributed by atoms with Gasteiger partial charge in [0.2, 0.25) is 0 Å². The van der Waals surface area contributed by atoms with Gasteiger partial charge in [0.25, 0.3) is 0 Å². The molecule has 148 valence electrons. The number of imidazole rings is 1. The van der Waals surface area contributed by atoms with Gasteiger partial charge in [0.15, 0.2) is 11.6 Å². The summed E-state index contributed by atoms with van der Waals surface area (Å²) in [6, 6.07) is 4.07. The van der Waals surface area contributed by atoms with Crippen LogP contribution in [0.5, 0.6) is 0 Å². The van der Waals surface area contributed by atoms with E-state index in [4.69, 9.17) is 9.72 Å². The molecule has 0 aliphatic carbocycles. The van der Waals surface area contributed by atoms with Crippen molar-refractivity contribution >= 4 is 17.3 Å². The van der Waals surface area contributed by atoms with E-state index in [1.807, 2.05) is 30.5 Å². The van der Waals surface area contributed by atoms with Gasteiger partial charge in [-0.15, -0.1) is 5.53 Å². The highest BCUT2D eigenvalue weighted by molar-refractivity contribution is 5.69. The molecule has 0 radical (unpaired) electrons. The van der Waals surface area contributed by atoms with Crippen LogP contribution in [0, 0.1) is 0 Å². The van der Waals surface area contributed by atoms with Gasteiger partial charge < -0.3 is 9.14 Å². The molecule has 0 amide bonds. The summed E-state index contributed by atoms with van der Waals surface area (Å²) in [5, 5.41) is 6.19. The zero-order chi connectivity index (χ0) is 20.0. The number of anilines is 2. The lowest BCUT2D eigenvalue weighted by Crippen LogP contribution is -2.38. The average molecular weight is 391 g/mol. The molecule has 1 aliphatic rings. The van der Waals surface area contributed by atoms with Crippen molar-refractivity contribution < 1.29 is 4.74 Å². The molecule has 29 heavy (non-hydrogen) atoms. The quantitative estimate of drug-likeness (QED) is 0.534. The van der Waals surface area contributed by atoms with Crippen LogP contribution in [0.1, 0.15) is 24.2 Å². The summed E-state index contributed by atoms with van der Waals surface area (Å²) in [6.45, 7) is 2.61. The fraction of sp³-hybridized carbons (Fsp3) is 0.263. The van der Waals surface area contributed by atoms with Gasteiger partial charge in [-0.3, -0.25) is 15.1 Å². The number of pyridine rings is 1. The zero-order valence-corrected chi connectivity index (χ0v) is 16.4. The first-order valence-electron chi connectivity index (χ1n) is 9.26. The Labute approximate surface area is 167 Å². The highest BCUT2D eigenvalue weighted by Crippen LogP contribution is 2.33. The van der Waals surface area contributed by atoms with Crippen molar-refractivity contribution in [2.24, 2.45) is 7.05 Å². The Morgan fingerprint density at radius 2 is 2.03 bits per heavy atom. The van der Waals surface area contributed by atoms with Crippen LogP contribution < -0.4 is 16.0 Å². The Balaban J connectivity index is 1.49. The SMILES string of the molecule is COCc1cnc2ccc([C@@H](C)N3NNc4ncc(-c5cnn(C)c5)nc43)cn12. The minimum atomic E-state index is -0.00982. The molecule has 1 aliphatic heterocycles. The standard InChI is InChI=1S/C19H21N9O/c1-12(13-4-5-17-20-7-15(11-29-3)27(17)10-13)28-19-18(24-25-28)21-8-16(23-19)14-6-22-26(2)9-14/h4-10,12,25H,11H2,1-3H3,(H,21,24)/t12-/m1/s1. The van der Waals surface area contributed by atoms with Crippen LogP contribution in [0.3, 0.4) is 0 Å². The van der Waals surface area contributed by atoms with E-state index in [9.17, 15) is 0 Å². The zero-order valence-electron chi connectivity index (χ0n) is 16.4. The lowest BCUT2D eigenvalue weighted by molar-refractivity contribution is 0.181. The fourth-order valence-electron chi connectivity index (χ4n) is 3.47. The Morgan fingerprint density at radius 1 is 1.14 bits per heavy atom. The molecule has 10 heteroatoms. The van der Waals surface area contributed by atoms with Crippen LogP contribution in [0.4, 0.5) is 11.6 Å². The molecule has 10 nitrogen and oxygen atoms in total. The summed E-state index contributed by atoms with van der Waals surface area (Å²) in [5.41, 5.74) is 10.9. The number of nitrogens with one attached hydrogen (secondary N) is 2. The molecular weight excluding hydrogens is 370 g/mol. The number of hydrogen-bond acceptors (Lipinski definition) is 8. The van der Waals surface area contributed by atoms with E-state index in [0.29, 0.717) is 12.4 Å². The van der Waals surface area contributed by atoms with E-state index < -0.39 is 0 Å². The molecule has 4 aromatic heterocycles. The third-order valence-corrected chi connectivity index (χ3v) is 5.04. The molecular formula is C19H21N9O.